The Hall–Kier alpha value is -2.43. The molecule has 1 amide bonds. The van der Waals surface area contributed by atoms with Gasteiger partial charge in [0.05, 0.1) is 20.5 Å². The fourth-order valence-corrected chi connectivity index (χ4v) is 3.21. The maximum absolute atomic E-state index is 12.6. The van der Waals surface area contributed by atoms with Gasteiger partial charge in [0.2, 0.25) is 0 Å². The van der Waals surface area contributed by atoms with Crippen LogP contribution in [0.15, 0.2) is 34.9 Å². The summed E-state index contributed by atoms with van der Waals surface area (Å²) in [5.41, 5.74) is 2.06. The Kier molecular flexibility index (Phi) is 3.80. The van der Waals surface area contributed by atoms with Gasteiger partial charge in [-0.15, -0.1) is 0 Å². The van der Waals surface area contributed by atoms with Crippen molar-refractivity contribution in [3.63, 3.8) is 0 Å². The third kappa shape index (κ3) is 2.67. The molecule has 1 aromatic carbocycles. The van der Waals surface area contributed by atoms with E-state index in [9.17, 15) is 4.79 Å². The van der Waals surface area contributed by atoms with Crippen molar-refractivity contribution >= 4 is 5.91 Å². The van der Waals surface area contributed by atoms with Crippen LogP contribution in [-0.4, -0.2) is 31.6 Å². The van der Waals surface area contributed by atoms with Gasteiger partial charge in [-0.3, -0.25) is 4.79 Å². The van der Waals surface area contributed by atoms with Crippen molar-refractivity contribution in [3.8, 4) is 11.5 Å². The zero-order valence-electron chi connectivity index (χ0n) is 13.9. The summed E-state index contributed by atoms with van der Waals surface area (Å²) >= 11 is 0. The molecule has 23 heavy (non-hydrogen) atoms. The van der Waals surface area contributed by atoms with Gasteiger partial charge in [0, 0.05) is 18.5 Å². The topological polar surface area (TPSA) is 51.9 Å². The van der Waals surface area contributed by atoms with E-state index in [-0.39, 0.29) is 11.3 Å². The van der Waals surface area contributed by atoms with Crippen molar-refractivity contribution in [2.75, 3.05) is 20.8 Å². The summed E-state index contributed by atoms with van der Waals surface area (Å²) in [7, 11) is 3.25. The number of amides is 1. The normalized spacial score (nSPS) is 15.9. The number of carbonyl (C=O) groups excluding carboxylic acids is 1. The Morgan fingerprint density at radius 3 is 2.52 bits per heavy atom. The van der Waals surface area contributed by atoms with E-state index in [2.05, 4.69) is 13.8 Å². The molecular weight excluding hydrogens is 294 g/mol. The van der Waals surface area contributed by atoms with Crippen LogP contribution >= 0.6 is 0 Å². The highest BCUT2D eigenvalue weighted by Gasteiger charge is 2.36. The van der Waals surface area contributed by atoms with E-state index in [1.54, 1.807) is 26.4 Å². The molecule has 0 atom stereocenters. The molecule has 122 valence electrons. The minimum Gasteiger partial charge on any atom is -0.493 e. The zero-order chi connectivity index (χ0) is 16.6. The number of furan rings is 1. The Balaban J connectivity index is 2.00. The summed E-state index contributed by atoms with van der Waals surface area (Å²) in [5.74, 6) is 1.66. The van der Waals surface area contributed by atoms with E-state index >= 15 is 0 Å². The molecule has 1 aliphatic rings. The van der Waals surface area contributed by atoms with Gasteiger partial charge in [0.25, 0.3) is 5.91 Å². The predicted octanol–water partition coefficient (Wildman–Crippen LogP) is 3.23. The second-order valence-electron chi connectivity index (χ2n) is 6.39. The van der Waals surface area contributed by atoms with Crippen LogP contribution in [0.25, 0.3) is 0 Å². The van der Waals surface area contributed by atoms with E-state index in [1.807, 2.05) is 17.0 Å². The van der Waals surface area contributed by atoms with E-state index in [4.69, 9.17) is 13.9 Å². The fourth-order valence-electron chi connectivity index (χ4n) is 3.21. The first-order valence-electron chi connectivity index (χ1n) is 7.54. The first-order chi connectivity index (χ1) is 11.0. The molecule has 1 aromatic heterocycles. The van der Waals surface area contributed by atoms with Crippen LogP contribution in [-0.2, 0) is 12.0 Å². The van der Waals surface area contributed by atoms with Crippen molar-refractivity contribution < 1.29 is 18.7 Å². The van der Waals surface area contributed by atoms with E-state index in [1.165, 1.54) is 11.8 Å². The van der Waals surface area contributed by atoms with Gasteiger partial charge in [-0.25, -0.2) is 0 Å². The molecule has 0 radical (unpaired) electrons. The quantitative estimate of drug-likeness (QED) is 0.872. The van der Waals surface area contributed by atoms with Crippen molar-refractivity contribution in [3.05, 3.63) is 47.4 Å². The number of fused-ring (bicyclic) bond motifs is 1. The first kappa shape index (κ1) is 15.5. The summed E-state index contributed by atoms with van der Waals surface area (Å²) in [6.45, 7) is 5.40. The molecule has 2 heterocycles. The lowest BCUT2D eigenvalue weighted by atomic mass is 9.78. The van der Waals surface area contributed by atoms with Crippen LogP contribution in [0.2, 0.25) is 0 Å². The van der Waals surface area contributed by atoms with Crippen LogP contribution in [0.1, 0.15) is 35.5 Å². The molecule has 0 fully saturated rings. The molecule has 5 nitrogen and oxygen atoms in total. The second kappa shape index (κ2) is 5.65. The third-order valence-corrected chi connectivity index (χ3v) is 4.31. The van der Waals surface area contributed by atoms with E-state index in [0.717, 1.165) is 5.56 Å². The highest BCUT2D eigenvalue weighted by molar-refractivity contribution is 5.91. The smallest absolute Gasteiger partial charge is 0.289 e. The van der Waals surface area contributed by atoms with Crippen molar-refractivity contribution in [2.45, 2.75) is 25.8 Å². The molecule has 5 heteroatoms. The Labute approximate surface area is 135 Å². The average molecular weight is 315 g/mol. The summed E-state index contributed by atoms with van der Waals surface area (Å²) in [4.78, 5) is 14.4. The monoisotopic (exact) mass is 315 g/mol. The minimum atomic E-state index is -0.185. The summed E-state index contributed by atoms with van der Waals surface area (Å²) in [6.07, 6.45) is 1.52. The molecule has 0 spiro atoms. The maximum atomic E-state index is 12.6. The van der Waals surface area contributed by atoms with Crippen molar-refractivity contribution in [1.82, 2.24) is 4.90 Å². The van der Waals surface area contributed by atoms with Gasteiger partial charge in [-0.05, 0) is 35.4 Å². The summed E-state index contributed by atoms with van der Waals surface area (Å²) < 4.78 is 16.0. The summed E-state index contributed by atoms with van der Waals surface area (Å²) in [5, 5.41) is 0. The van der Waals surface area contributed by atoms with Gasteiger partial charge in [-0.2, -0.15) is 0 Å². The Morgan fingerprint density at radius 1 is 1.22 bits per heavy atom. The number of methoxy groups -OCH3 is 2. The first-order valence-corrected chi connectivity index (χ1v) is 7.54. The second-order valence-corrected chi connectivity index (χ2v) is 6.39. The summed E-state index contributed by atoms with van der Waals surface area (Å²) in [6, 6.07) is 7.39. The molecule has 0 aliphatic carbocycles. The average Bonchev–Trinajstić information content (AvgIpc) is 3.06. The lowest BCUT2D eigenvalue weighted by Gasteiger charge is -2.40. The Morgan fingerprint density at radius 2 is 1.91 bits per heavy atom. The van der Waals surface area contributed by atoms with Gasteiger partial charge in [0.1, 0.15) is 0 Å². The van der Waals surface area contributed by atoms with Crippen LogP contribution in [0, 0.1) is 0 Å². The minimum absolute atomic E-state index is 0.0940. The number of rotatable bonds is 3. The molecule has 2 aromatic rings. The maximum Gasteiger partial charge on any atom is 0.289 e. The van der Waals surface area contributed by atoms with Gasteiger partial charge < -0.3 is 18.8 Å². The fraction of sp³-hybridized carbons (Fsp3) is 0.389. The highest BCUT2D eigenvalue weighted by Crippen LogP contribution is 2.40. The van der Waals surface area contributed by atoms with Crippen LogP contribution in [0.3, 0.4) is 0 Å². The van der Waals surface area contributed by atoms with Gasteiger partial charge in [0.15, 0.2) is 17.3 Å². The van der Waals surface area contributed by atoms with Crippen LogP contribution < -0.4 is 9.47 Å². The lowest BCUT2D eigenvalue weighted by Crippen LogP contribution is -2.45. The third-order valence-electron chi connectivity index (χ3n) is 4.31. The number of carbonyl (C=O) groups is 1. The highest BCUT2D eigenvalue weighted by atomic mass is 16.5. The Bertz CT molecular complexity index is 719. The van der Waals surface area contributed by atoms with Crippen molar-refractivity contribution in [1.29, 1.82) is 0 Å². The molecule has 0 saturated heterocycles. The molecule has 3 rings (SSSR count). The molecule has 0 N–H and O–H groups in total. The van der Waals surface area contributed by atoms with Gasteiger partial charge in [-0.1, -0.05) is 13.8 Å². The molecule has 1 aliphatic heterocycles. The van der Waals surface area contributed by atoms with Crippen LogP contribution in [0.5, 0.6) is 11.5 Å². The zero-order valence-corrected chi connectivity index (χ0v) is 13.9. The standard InChI is InChI=1S/C18H21NO4/c1-18(2)11-19(17(20)14-6-5-7-23-14)10-12-8-15(21-3)16(22-4)9-13(12)18/h5-9H,10-11H2,1-4H3. The molecule has 0 saturated carbocycles. The van der Waals surface area contributed by atoms with E-state index in [0.29, 0.717) is 30.3 Å². The predicted molar refractivity (Wildman–Crippen MR) is 86.0 cm³/mol. The SMILES string of the molecule is COc1cc2c(cc1OC)C(C)(C)CN(C(=O)c1ccco1)C2. The molecule has 0 unspecified atom stereocenters. The van der Waals surface area contributed by atoms with Crippen molar-refractivity contribution in [2.24, 2.45) is 0 Å². The largest absolute Gasteiger partial charge is 0.493 e. The molecular formula is C18H21NO4. The number of hydrogen-bond donors (Lipinski definition) is 0. The van der Waals surface area contributed by atoms with E-state index < -0.39 is 0 Å². The number of nitrogens with zero attached hydrogens (tertiary/aromatic N) is 1. The number of hydrogen-bond acceptors (Lipinski definition) is 4. The lowest BCUT2D eigenvalue weighted by molar-refractivity contribution is 0.0653. The number of benzene rings is 1. The molecule has 0 bridgehead atoms. The number of ether oxygens (including phenoxy) is 2. The van der Waals surface area contributed by atoms with Crippen LogP contribution in [0.4, 0.5) is 0 Å². The van der Waals surface area contributed by atoms with Gasteiger partial charge >= 0.3 is 0 Å².